The summed E-state index contributed by atoms with van der Waals surface area (Å²) in [5.41, 5.74) is 2.37. The van der Waals surface area contributed by atoms with E-state index in [2.05, 4.69) is 0 Å². The highest BCUT2D eigenvalue weighted by molar-refractivity contribution is 7.92. The van der Waals surface area contributed by atoms with E-state index in [0.717, 1.165) is 28.2 Å². The summed E-state index contributed by atoms with van der Waals surface area (Å²) in [6.07, 6.45) is 1.86. The van der Waals surface area contributed by atoms with Crippen molar-refractivity contribution in [3.05, 3.63) is 59.1 Å². The molecule has 1 aliphatic heterocycles. The molecule has 2 aromatic carbocycles. The minimum atomic E-state index is -3.61. The molecule has 132 valence electrons. The van der Waals surface area contributed by atoms with E-state index < -0.39 is 10.0 Å². The molecule has 0 radical (unpaired) electrons. The lowest BCUT2D eigenvalue weighted by Crippen LogP contribution is -2.45. The van der Waals surface area contributed by atoms with Crippen molar-refractivity contribution in [2.75, 3.05) is 22.0 Å². The van der Waals surface area contributed by atoms with Gasteiger partial charge in [-0.15, -0.1) is 0 Å². The van der Waals surface area contributed by atoms with E-state index in [-0.39, 0.29) is 18.5 Å². The van der Waals surface area contributed by atoms with Gasteiger partial charge in [-0.2, -0.15) is 0 Å². The van der Waals surface area contributed by atoms with Crippen LogP contribution in [0.3, 0.4) is 0 Å². The minimum Gasteiger partial charge on any atom is -0.307 e. The van der Waals surface area contributed by atoms with Gasteiger partial charge in [-0.25, -0.2) is 8.42 Å². The highest BCUT2D eigenvalue weighted by atomic mass is 35.5. The summed E-state index contributed by atoms with van der Waals surface area (Å²) in [5.74, 6) is -0.252. The van der Waals surface area contributed by atoms with E-state index in [1.54, 1.807) is 29.2 Å². The number of carbonyl (C=O) groups excluding carboxylic acids is 1. The molecule has 0 unspecified atom stereocenters. The van der Waals surface area contributed by atoms with Gasteiger partial charge in [-0.05, 0) is 49.2 Å². The number of rotatable bonds is 4. The van der Waals surface area contributed by atoms with Crippen molar-refractivity contribution in [3.8, 4) is 0 Å². The Hall–Kier alpha value is -2.05. The summed E-state index contributed by atoms with van der Waals surface area (Å²) in [6, 6.07) is 14.1. The number of nitrogens with zero attached hydrogens (tertiary/aromatic N) is 2. The van der Waals surface area contributed by atoms with Crippen molar-refractivity contribution in [3.63, 3.8) is 0 Å². The van der Waals surface area contributed by atoms with Crippen LogP contribution in [-0.2, 0) is 21.2 Å². The zero-order valence-corrected chi connectivity index (χ0v) is 15.6. The van der Waals surface area contributed by atoms with Gasteiger partial charge in [0.15, 0.2) is 0 Å². The normalized spacial score (nSPS) is 16.6. The van der Waals surface area contributed by atoms with Crippen LogP contribution >= 0.6 is 11.6 Å². The highest BCUT2D eigenvalue weighted by Gasteiger charge is 2.32. The van der Waals surface area contributed by atoms with E-state index in [4.69, 9.17) is 11.6 Å². The Balaban J connectivity index is 1.90. The van der Waals surface area contributed by atoms with Crippen LogP contribution in [0.15, 0.2) is 48.5 Å². The largest absolute Gasteiger partial charge is 0.307 e. The Morgan fingerprint density at radius 1 is 1.20 bits per heavy atom. The number of hydrogen-bond donors (Lipinski definition) is 0. The molecule has 0 fully saturated rings. The van der Waals surface area contributed by atoms with Gasteiger partial charge in [-0.1, -0.05) is 29.8 Å². The summed E-state index contributed by atoms with van der Waals surface area (Å²) in [5, 5.41) is 0.505. The predicted molar refractivity (Wildman–Crippen MR) is 101 cm³/mol. The summed E-state index contributed by atoms with van der Waals surface area (Å²) in [4.78, 5) is 14.6. The van der Waals surface area contributed by atoms with Gasteiger partial charge < -0.3 is 4.90 Å². The predicted octanol–water partition coefficient (Wildman–Crippen LogP) is 3.08. The maximum absolute atomic E-state index is 12.9. The lowest BCUT2D eigenvalue weighted by atomic mass is 10.1. The van der Waals surface area contributed by atoms with E-state index in [1.165, 1.54) is 0 Å². The van der Waals surface area contributed by atoms with Crippen LogP contribution in [0.1, 0.15) is 12.5 Å². The molecule has 0 N–H and O–H groups in total. The maximum atomic E-state index is 12.9. The summed E-state index contributed by atoms with van der Waals surface area (Å²) in [7, 11) is -3.61. The SMILES string of the molecule is C[C@@H]1Cc2ccccc2N1C(=O)CN(c1ccc(Cl)cc1)S(C)(=O)=O. The molecule has 2 aromatic rings. The van der Waals surface area contributed by atoms with E-state index >= 15 is 0 Å². The van der Waals surface area contributed by atoms with Crippen LogP contribution < -0.4 is 9.21 Å². The van der Waals surface area contributed by atoms with Crippen LogP contribution in [0, 0.1) is 0 Å². The number of amides is 1. The maximum Gasteiger partial charge on any atom is 0.248 e. The number of sulfonamides is 1. The topological polar surface area (TPSA) is 57.7 Å². The Kier molecular flexibility index (Phi) is 4.75. The standard InChI is InChI=1S/C18H19ClN2O3S/c1-13-11-14-5-3-4-6-17(14)21(13)18(22)12-20(25(2,23)24)16-9-7-15(19)8-10-16/h3-10,13H,11-12H2,1-2H3/t13-/m1/s1. The van der Waals surface area contributed by atoms with Crippen molar-refractivity contribution >= 4 is 38.9 Å². The van der Waals surface area contributed by atoms with Crippen molar-refractivity contribution in [2.24, 2.45) is 0 Å². The fourth-order valence-electron chi connectivity index (χ4n) is 3.15. The molecular weight excluding hydrogens is 360 g/mol. The third-order valence-corrected chi connectivity index (χ3v) is 5.66. The molecule has 1 atom stereocenters. The number of benzene rings is 2. The molecule has 0 spiro atoms. The molecule has 25 heavy (non-hydrogen) atoms. The first kappa shape index (κ1) is 17.8. The molecule has 3 rings (SSSR count). The number of anilines is 2. The third kappa shape index (κ3) is 3.65. The molecule has 1 amide bonds. The first-order valence-corrected chi connectivity index (χ1v) is 10.1. The number of para-hydroxylation sites is 1. The third-order valence-electron chi connectivity index (χ3n) is 4.27. The number of carbonyl (C=O) groups is 1. The van der Waals surface area contributed by atoms with Crippen molar-refractivity contribution in [2.45, 2.75) is 19.4 Å². The van der Waals surface area contributed by atoms with Gasteiger partial charge in [0.25, 0.3) is 0 Å². The first-order valence-electron chi connectivity index (χ1n) is 7.90. The average molecular weight is 379 g/mol. The van der Waals surface area contributed by atoms with Crippen LogP contribution in [0.25, 0.3) is 0 Å². The van der Waals surface area contributed by atoms with Crippen LogP contribution in [-0.4, -0.2) is 33.2 Å². The van der Waals surface area contributed by atoms with Crippen molar-refractivity contribution < 1.29 is 13.2 Å². The van der Waals surface area contributed by atoms with E-state index in [9.17, 15) is 13.2 Å². The molecule has 1 aliphatic rings. The van der Waals surface area contributed by atoms with Gasteiger partial charge in [0.1, 0.15) is 6.54 Å². The van der Waals surface area contributed by atoms with Gasteiger partial charge in [0, 0.05) is 16.8 Å². The van der Waals surface area contributed by atoms with E-state index in [1.807, 2.05) is 31.2 Å². The van der Waals surface area contributed by atoms with Crippen LogP contribution in [0.2, 0.25) is 5.02 Å². The summed E-state index contributed by atoms with van der Waals surface area (Å²) >= 11 is 5.87. The Morgan fingerprint density at radius 3 is 2.48 bits per heavy atom. The lowest BCUT2D eigenvalue weighted by Gasteiger charge is -2.27. The monoisotopic (exact) mass is 378 g/mol. The fourth-order valence-corrected chi connectivity index (χ4v) is 4.13. The van der Waals surface area contributed by atoms with E-state index in [0.29, 0.717) is 10.7 Å². The molecular formula is C18H19ClN2O3S. The van der Waals surface area contributed by atoms with Crippen LogP contribution in [0.4, 0.5) is 11.4 Å². The fraction of sp³-hybridized carbons (Fsp3) is 0.278. The number of halogens is 1. The quantitative estimate of drug-likeness (QED) is 0.821. The zero-order chi connectivity index (χ0) is 18.2. The van der Waals surface area contributed by atoms with Crippen LogP contribution in [0.5, 0.6) is 0 Å². The van der Waals surface area contributed by atoms with Gasteiger partial charge in [0.05, 0.1) is 11.9 Å². The second kappa shape index (κ2) is 6.69. The molecule has 1 heterocycles. The number of hydrogen-bond acceptors (Lipinski definition) is 3. The first-order chi connectivity index (χ1) is 11.8. The molecule has 0 aliphatic carbocycles. The second-order valence-corrected chi connectivity index (χ2v) is 8.53. The zero-order valence-electron chi connectivity index (χ0n) is 14.0. The number of fused-ring (bicyclic) bond motifs is 1. The minimum absolute atomic E-state index is 0.00321. The molecule has 0 saturated heterocycles. The Bertz CT molecular complexity index is 897. The van der Waals surface area contributed by atoms with Gasteiger partial charge in [0.2, 0.25) is 15.9 Å². The smallest absolute Gasteiger partial charge is 0.248 e. The second-order valence-electron chi connectivity index (χ2n) is 6.19. The molecule has 0 saturated carbocycles. The van der Waals surface area contributed by atoms with Gasteiger partial charge >= 0.3 is 0 Å². The molecule has 5 nitrogen and oxygen atoms in total. The van der Waals surface area contributed by atoms with Crippen molar-refractivity contribution in [1.82, 2.24) is 0 Å². The lowest BCUT2D eigenvalue weighted by molar-refractivity contribution is -0.117. The molecule has 7 heteroatoms. The summed E-state index contributed by atoms with van der Waals surface area (Å²) < 4.78 is 25.5. The van der Waals surface area contributed by atoms with Gasteiger partial charge in [-0.3, -0.25) is 9.10 Å². The molecule has 0 aromatic heterocycles. The summed E-state index contributed by atoms with van der Waals surface area (Å²) in [6.45, 7) is 1.71. The van der Waals surface area contributed by atoms with Crippen molar-refractivity contribution in [1.29, 1.82) is 0 Å². The average Bonchev–Trinajstić information content (AvgIpc) is 2.88. The Labute approximate surface area is 152 Å². The molecule has 0 bridgehead atoms. The Morgan fingerprint density at radius 2 is 1.84 bits per heavy atom. The highest BCUT2D eigenvalue weighted by Crippen LogP contribution is 2.32.